The van der Waals surface area contributed by atoms with Gasteiger partial charge in [-0.1, -0.05) is 17.7 Å². The number of nitro groups is 1. The molecular formula is C15H11ClIN3O4. The molecule has 7 nitrogen and oxygen atoms in total. The maximum atomic E-state index is 12.0. The van der Waals surface area contributed by atoms with Crippen molar-refractivity contribution >= 4 is 52.0 Å². The second-order valence-corrected chi connectivity index (χ2v) is 6.09. The van der Waals surface area contributed by atoms with Crippen LogP contribution in [-0.4, -0.2) is 24.2 Å². The molecule has 0 spiro atoms. The number of methoxy groups -OCH3 is 1. The average Bonchev–Trinajstić information content (AvgIpc) is 2.55. The molecule has 0 heterocycles. The van der Waals surface area contributed by atoms with Gasteiger partial charge in [-0.15, -0.1) is 0 Å². The Morgan fingerprint density at radius 2 is 2.12 bits per heavy atom. The third-order valence-corrected chi connectivity index (χ3v) is 4.12. The first-order valence-electron chi connectivity index (χ1n) is 6.53. The number of hydrogen-bond acceptors (Lipinski definition) is 5. The number of nitrogens with zero attached hydrogens (tertiary/aromatic N) is 2. The largest absolute Gasteiger partial charge is 0.496 e. The molecule has 0 saturated heterocycles. The van der Waals surface area contributed by atoms with Crippen molar-refractivity contribution in [2.75, 3.05) is 7.11 Å². The first-order valence-corrected chi connectivity index (χ1v) is 7.99. The van der Waals surface area contributed by atoms with Crippen molar-refractivity contribution in [3.63, 3.8) is 0 Å². The van der Waals surface area contributed by atoms with Crippen LogP contribution in [-0.2, 0) is 0 Å². The second kappa shape index (κ2) is 8.06. The van der Waals surface area contributed by atoms with Crippen LogP contribution in [0.4, 0.5) is 5.69 Å². The summed E-state index contributed by atoms with van der Waals surface area (Å²) in [5, 5.41) is 14.7. The van der Waals surface area contributed by atoms with Crippen LogP contribution >= 0.6 is 34.2 Å². The lowest BCUT2D eigenvalue weighted by molar-refractivity contribution is -0.384. The zero-order valence-corrected chi connectivity index (χ0v) is 15.2. The van der Waals surface area contributed by atoms with Crippen LogP contribution in [0.25, 0.3) is 0 Å². The van der Waals surface area contributed by atoms with Gasteiger partial charge < -0.3 is 4.74 Å². The Kier molecular flexibility index (Phi) is 6.10. The van der Waals surface area contributed by atoms with Gasteiger partial charge in [0.2, 0.25) is 0 Å². The van der Waals surface area contributed by atoms with Gasteiger partial charge in [0.1, 0.15) is 10.8 Å². The van der Waals surface area contributed by atoms with E-state index < -0.39 is 10.8 Å². The first-order chi connectivity index (χ1) is 11.4. The molecule has 0 atom stereocenters. The number of carbonyl (C=O) groups excluding carboxylic acids is 1. The van der Waals surface area contributed by atoms with Crippen molar-refractivity contribution < 1.29 is 14.5 Å². The lowest BCUT2D eigenvalue weighted by Gasteiger charge is -2.05. The van der Waals surface area contributed by atoms with Crippen LogP contribution in [0.5, 0.6) is 5.75 Å². The quantitative estimate of drug-likeness (QED) is 0.320. The summed E-state index contributed by atoms with van der Waals surface area (Å²) in [4.78, 5) is 22.3. The predicted octanol–water partition coefficient (Wildman–Crippen LogP) is 3.63. The molecule has 24 heavy (non-hydrogen) atoms. The molecule has 0 fully saturated rings. The molecule has 2 rings (SSSR count). The van der Waals surface area contributed by atoms with E-state index in [1.165, 1.54) is 18.3 Å². The number of carbonyl (C=O) groups is 1. The number of hydrazone groups is 1. The molecular weight excluding hydrogens is 449 g/mol. The Labute approximate surface area is 155 Å². The average molecular weight is 460 g/mol. The van der Waals surface area contributed by atoms with Crippen LogP contribution in [0, 0.1) is 13.7 Å². The van der Waals surface area contributed by atoms with Crippen molar-refractivity contribution in [2.24, 2.45) is 5.10 Å². The summed E-state index contributed by atoms with van der Waals surface area (Å²) in [6, 6.07) is 9.18. The van der Waals surface area contributed by atoms with E-state index in [9.17, 15) is 14.9 Å². The Hall–Kier alpha value is -2.20. The maximum absolute atomic E-state index is 12.0. The Balaban J connectivity index is 2.08. The monoisotopic (exact) mass is 459 g/mol. The molecule has 2 aromatic carbocycles. The molecule has 0 aliphatic rings. The molecule has 0 unspecified atom stereocenters. The van der Waals surface area contributed by atoms with Gasteiger partial charge in [-0.2, -0.15) is 5.10 Å². The highest BCUT2D eigenvalue weighted by atomic mass is 127. The van der Waals surface area contributed by atoms with E-state index in [2.05, 4.69) is 33.1 Å². The van der Waals surface area contributed by atoms with Crippen LogP contribution in [0.2, 0.25) is 5.02 Å². The van der Waals surface area contributed by atoms with E-state index in [1.807, 2.05) is 0 Å². The topological polar surface area (TPSA) is 93.8 Å². The SMILES string of the molecule is COc1ccc(C(=O)NN=Cc2ccc(Cl)c([N+](=O)[O-])c2)cc1I. The summed E-state index contributed by atoms with van der Waals surface area (Å²) in [5.74, 6) is 0.263. The minimum absolute atomic E-state index is 0.0361. The summed E-state index contributed by atoms with van der Waals surface area (Å²) in [7, 11) is 1.55. The number of hydrogen-bond donors (Lipinski definition) is 1. The molecule has 0 radical (unpaired) electrons. The molecule has 124 valence electrons. The van der Waals surface area contributed by atoms with Crippen LogP contribution < -0.4 is 10.2 Å². The van der Waals surface area contributed by atoms with E-state index in [0.717, 1.165) is 3.57 Å². The Bertz CT molecular complexity index is 826. The van der Waals surface area contributed by atoms with Gasteiger partial charge in [-0.25, -0.2) is 5.43 Å². The molecule has 1 N–H and O–H groups in total. The van der Waals surface area contributed by atoms with E-state index in [4.69, 9.17) is 16.3 Å². The van der Waals surface area contributed by atoms with Gasteiger partial charge in [0.15, 0.2) is 0 Å². The molecule has 0 bridgehead atoms. The van der Waals surface area contributed by atoms with Crippen molar-refractivity contribution in [1.29, 1.82) is 0 Å². The standard InChI is InChI=1S/C15H11ClIN3O4/c1-24-14-5-3-10(7-12(14)17)15(21)19-18-8-9-2-4-11(16)13(6-9)20(22)23/h2-8H,1H3,(H,19,21). The van der Waals surface area contributed by atoms with Crippen molar-refractivity contribution in [2.45, 2.75) is 0 Å². The summed E-state index contributed by atoms with van der Waals surface area (Å²) >= 11 is 7.79. The fraction of sp³-hybridized carbons (Fsp3) is 0.0667. The minimum atomic E-state index is -0.586. The smallest absolute Gasteiger partial charge is 0.288 e. The van der Waals surface area contributed by atoms with Crippen molar-refractivity contribution in [3.05, 3.63) is 66.2 Å². The third kappa shape index (κ3) is 4.42. The van der Waals surface area contributed by atoms with E-state index in [0.29, 0.717) is 16.9 Å². The summed E-state index contributed by atoms with van der Waals surface area (Å²) in [6.45, 7) is 0. The van der Waals surface area contributed by atoms with E-state index >= 15 is 0 Å². The van der Waals surface area contributed by atoms with E-state index in [-0.39, 0.29) is 10.7 Å². The van der Waals surface area contributed by atoms with Crippen LogP contribution in [0.3, 0.4) is 0 Å². The maximum Gasteiger partial charge on any atom is 0.288 e. The number of halogens is 2. The lowest BCUT2D eigenvalue weighted by Crippen LogP contribution is -2.17. The number of rotatable bonds is 5. The first kappa shape index (κ1) is 18.1. The molecule has 9 heteroatoms. The highest BCUT2D eigenvalue weighted by molar-refractivity contribution is 14.1. The lowest BCUT2D eigenvalue weighted by atomic mass is 10.2. The molecule has 1 amide bonds. The molecule has 0 aliphatic heterocycles. The highest BCUT2D eigenvalue weighted by Gasteiger charge is 2.12. The summed E-state index contributed by atoms with van der Waals surface area (Å²) in [6.07, 6.45) is 1.30. The number of amides is 1. The third-order valence-electron chi connectivity index (χ3n) is 2.96. The van der Waals surface area contributed by atoms with Gasteiger partial charge in [-0.05, 0) is 46.9 Å². The van der Waals surface area contributed by atoms with Gasteiger partial charge in [-0.3, -0.25) is 14.9 Å². The van der Waals surface area contributed by atoms with Crippen molar-refractivity contribution in [3.8, 4) is 5.75 Å². The minimum Gasteiger partial charge on any atom is -0.496 e. The Morgan fingerprint density at radius 1 is 1.38 bits per heavy atom. The normalized spacial score (nSPS) is 10.6. The predicted molar refractivity (Wildman–Crippen MR) is 98.9 cm³/mol. The molecule has 0 saturated carbocycles. The van der Waals surface area contributed by atoms with Gasteiger partial charge in [0.05, 0.1) is 21.8 Å². The van der Waals surface area contributed by atoms with Gasteiger partial charge in [0.25, 0.3) is 11.6 Å². The fourth-order valence-corrected chi connectivity index (χ4v) is 2.71. The van der Waals surface area contributed by atoms with Crippen molar-refractivity contribution in [1.82, 2.24) is 5.43 Å². The van der Waals surface area contributed by atoms with Crippen LogP contribution in [0.15, 0.2) is 41.5 Å². The zero-order chi connectivity index (χ0) is 17.7. The van der Waals surface area contributed by atoms with E-state index in [1.54, 1.807) is 31.4 Å². The Morgan fingerprint density at radius 3 is 2.75 bits per heavy atom. The molecule has 2 aromatic rings. The summed E-state index contributed by atoms with van der Waals surface area (Å²) in [5.41, 5.74) is 2.99. The highest BCUT2D eigenvalue weighted by Crippen LogP contribution is 2.24. The van der Waals surface area contributed by atoms with Gasteiger partial charge >= 0.3 is 0 Å². The zero-order valence-electron chi connectivity index (χ0n) is 12.3. The number of nitro benzene ring substituents is 1. The number of benzene rings is 2. The molecule has 0 aromatic heterocycles. The molecule has 0 aliphatic carbocycles. The van der Waals surface area contributed by atoms with Gasteiger partial charge in [0, 0.05) is 17.2 Å². The van der Waals surface area contributed by atoms with Crippen LogP contribution in [0.1, 0.15) is 15.9 Å². The summed E-state index contributed by atoms with van der Waals surface area (Å²) < 4.78 is 5.92. The number of nitrogens with one attached hydrogen (secondary N) is 1. The fourth-order valence-electron chi connectivity index (χ4n) is 1.79. The number of ether oxygens (including phenoxy) is 1. The second-order valence-electron chi connectivity index (χ2n) is 4.52.